The molecule has 2 fully saturated rings. The Labute approximate surface area is 95.2 Å². The minimum atomic E-state index is 0.446. The zero-order valence-corrected chi connectivity index (χ0v) is 9.81. The first-order valence-corrected chi connectivity index (χ1v) is 5.95. The summed E-state index contributed by atoms with van der Waals surface area (Å²) >= 11 is 0. The van der Waals surface area contributed by atoms with Gasteiger partial charge in [-0.2, -0.15) is 4.98 Å². The fourth-order valence-corrected chi connectivity index (χ4v) is 2.86. The fraction of sp³-hybridized carbons (Fsp3) is 0.818. The SMILES string of the molecule is CN(C)Cc1noc(C2CC3CCC2N3)n1. The van der Waals surface area contributed by atoms with Gasteiger partial charge in [0.15, 0.2) is 5.82 Å². The van der Waals surface area contributed by atoms with Gasteiger partial charge in [0.2, 0.25) is 5.89 Å². The minimum Gasteiger partial charge on any atom is -0.339 e. The standard InChI is InChI=1S/C11H18N4O/c1-15(2)6-10-13-11(16-14-10)8-5-7-3-4-9(8)12-7/h7-9,12H,3-6H2,1-2H3. The van der Waals surface area contributed by atoms with Crippen LogP contribution in [0.4, 0.5) is 0 Å². The predicted molar refractivity (Wildman–Crippen MR) is 59.0 cm³/mol. The summed E-state index contributed by atoms with van der Waals surface area (Å²) in [5.74, 6) is 2.07. The van der Waals surface area contributed by atoms with Crippen molar-refractivity contribution in [1.82, 2.24) is 20.4 Å². The molecule has 0 aliphatic carbocycles. The van der Waals surface area contributed by atoms with Gasteiger partial charge in [0.25, 0.3) is 0 Å². The molecule has 1 aromatic rings. The highest BCUT2D eigenvalue weighted by Crippen LogP contribution is 2.39. The van der Waals surface area contributed by atoms with Crippen LogP contribution in [0.5, 0.6) is 0 Å². The van der Waals surface area contributed by atoms with Crippen molar-refractivity contribution in [2.24, 2.45) is 0 Å². The van der Waals surface area contributed by atoms with Gasteiger partial charge >= 0.3 is 0 Å². The molecule has 2 saturated heterocycles. The first-order chi connectivity index (χ1) is 7.72. The average molecular weight is 222 g/mol. The summed E-state index contributed by atoms with van der Waals surface area (Å²) in [5, 5.41) is 7.62. The van der Waals surface area contributed by atoms with Crippen LogP contribution in [0.1, 0.15) is 36.9 Å². The molecule has 5 heteroatoms. The lowest BCUT2D eigenvalue weighted by Gasteiger charge is -2.15. The summed E-state index contributed by atoms with van der Waals surface area (Å²) < 4.78 is 5.37. The molecule has 2 aliphatic heterocycles. The number of nitrogens with zero attached hydrogens (tertiary/aromatic N) is 3. The quantitative estimate of drug-likeness (QED) is 0.817. The molecule has 0 radical (unpaired) electrons. The third-order valence-corrected chi connectivity index (χ3v) is 3.56. The second kappa shape index (κ2) is 3.82. The molecule has 2 bridgehead atoms. The van der Waals surface area contributed by atoms with E-state index in [1.54, 1.807) is 0 Å². The molecule has 1 N–H and O–H groups in total. The van der Waals surface area contributed by atoms with Crippen molar-refractivity contribution in [3.8, 4) is 0 Å². The minimum absolute atomic E-state index is 0.446. The topological polar surface area (TPSA) is 54.2 Å². The number of aromatic nitrogens is 2. The molecular formula is C11H18N4O. The molecule has 2 aliphatic rings. The van der Waals surface area contributed by atoms with Crippen molar-refractivity contribution in [3.63, 3.8) is 0 Å². The van der Waals surface area contributed by atoms with E-state index in [-0.39, 0.29) is 0 Å². The summed E-state index contributed by atoms with van der Waals surface area (Å²) in [6, 6.07) is 1.25. The highest BCUT2D eigenvalue weighted by Gasteiger charge is 2.42. The summed E-state index contributed by atoms with van der Waals surface area (Å²) in [4.78, 5) is 6.54. The summed E-state index contributed by atoms with van der Waals surface area (Å²) in [6.45, 7) is 0.748. The van der Waals surface area contributed by atoms with Gasteiger partial charge in [0.05, 0.1) is 12.5 Å². The zero-order valence-electron chi connectivity index (χ0n) is 9.81. The molecule has 88 valence electrons. The Morgan fingerprint density at radius 2 is 2.31 bits per heavy atom. The van der Waals surface area contributed by atoms with Gasteiger partial charge in [0, 0.05) is 12.1 Å². The van der Waals surface area contributed by atoms with Crippen LogP contribution in [-0.4, -0.2) is 41.2 Å². The lowest BCUT2D eigenvalue weighted by atomic mass is 9.89. The first kappa shape index (κ1) is 10.2. The van der Waals surface area contributed by atoms with Crippen molar-refractivity contribution in [2.75, 3.05) is 14.1 Å². The normalized spacial score (nSPS) is 32.8. The molecule has 0 aromatic carbocycles. The summed E-state index contributed by atoms with van der Waals surface area (Å²) in [7, 11) is 4.02. The molecule has 3 rings (SSSR count). The number of hydrogen-bond donors (Lipinski definition) is 1. The van der Waals surface area contributed by atoms with Crippen LogP contribution in [0.15, 0.2) is 4.52 Å². The van der Waals surface area contributed by atoms with E-state index >= 15 is 0 Å². The van der Waals surface area contributed by atoms with E-state index in [1.165, 1.54) is 12.8 Å². The van der Waals surface area contributed by atoms with Gasteiger partial charge in [-0.3, -0.25) is 0 Å². The van der Waals surface area contributed by atoms with E-state index in [0.29, 0.717) is 18.0 Å². The molecule has 16 heavy (non-hydrogen) atoms. The first-order valence-electron chi connectivity index (χ1n) is 5.95. The van der Waals surface area contributed by atoms with Gasteiger partial charge in [0.1, 0.15) is 0 Å². The highest BCUT2D eigenvalue weighted by atomic mass is 16.5. The molecule has 0 amide bonds. The largest absolute Gasteiger partial charge is 0.339 e. The second-order valence-electron chi connectivity index (χ2n) is 5.18. The van der Waals surface area contributed by atoms with Crippen LogP contribution < -0.4 is 5.32 Å². The smallest absolute Gasteiger partial charge is 0.231 e. The fourth-order valence-electron chi connectivity index (χ4n) is 2.86. The van der Waals surface area contributed by atoms with Gasteiger partial charge in [-0.25, -0.2) is 0 Å². The van der Waals surface area contributed by atoms with Crippen LogP contribution >= 0.6 is 0 Å². The van der Waals surface area contributed by atoms with Crippen LogP contribution in [-0.2, 0) is 6.54 Å². The van der Waals surface area contributed by atoms with E-state index < -0.39 is 0 Å². The molecule has 3 heterocycles. The molecule has 5 nitrogen and oxygen atoms in total. The Morgan fingerprint density at radius 3 is 2.94 bits per heavy atom. The van der Waals surface area contributed by atoms with Crippen molar-refractivity contribution in [1.29, 1.82) is 0 Å². The molecule has 3 atom stereocenters. The molecule has 0 spiro atoms. The molecule has 1 aromatic heterocycles. The van der Waals surface area contributed by atoms with E-state index in [0.717, 1.165) is 24.7 Å². The molecule has 0 saturated carbocycles. The molecular weight excluding hydrogens is 204 g/mol. The third kappa shape index (κ3) is 1.74. The summed E-state index contributed by atoms with van der Waals surface area (Å²) in [5.41, 5.74) is 0. The second-order valence-corrected chi connectivity index (χ2v) is 5.18. The van der Waals surface area contributed by atoms with E-state index in [1.807, 2.05) is 19.0 Å². The van der Waals surface area contributed by atoms with E-state index in [9.17, 15) is 0 Å². The van der Waals surface area contributed by atoms with Crippen molar-refractivity contribution >= 4 is 0 Å². The van der Waals surface area contributed by atoms with Crippen molar-refractivity contribution in [2.45, 2.75) is 43.8 Å². The Kier molecular flexibility index (Phi) is 2.44. The monoisotopic (exact) mass is 222 g/mol. The average Bonchev–Trinajstić information content (AvgIpc) is 2.89. The zero-order chi connectivity index (χ0) is 11.1. The Hall–Kier alpha value is -0.940. The Bertz CT molecular complexity index is 376. The number of hydrogen-bond acceptors (Lipinski definition) is 5. The van der Waals surface area contributed by atoms with Gasteiger partial charge < -0.3 is 14.7 Å². The van der Waals surface area contributed by atoms with Crippen LogP contribution in [0.2, 0.25) is 0 Å². The Morgan fingerprint density at radius 1 is 1.44 bits per heavy atom. The van der Waals surface area contributed by atoms with Crippen molar-refractivity contribution in [3.05, 3.63) is 11.7 Å². The maximum Gasteiger partial charge on any atom is 0.231 e. The van der Waals surface area contributed by atoms with E-state index in [4.69, 9.17) is 4.52 Å². The van der Waals surface area contributed by atoms with Crippen molar-refractivity contribution < 1.29 is 4.52 Å². The van der Waals surface area contributed by atoms with Crippen LogP contribution in [0, 0.1) is 0 Å². The van der Waals surface area contributed by atoms with Crippen LogP contribution in [0.3, 0.4) is 0 Å². The maximum atomic E-state index is 5.37. The number of fused-ring (bicyclic) bond motifs is 2. The predicted octanol–water partition coefficient (Wildman–Crippen LogP) is 0.739. The van der Waals surface area contributed by atoms with E-state index in [2.05, 4.69) is 15.5 Å². The lowest BCUT2D eigenvalue weighted by Crippen LogP contribution is -2.21. The molecule has 3 unspecified atom stereocenters. The Balaban J connectivity index is 1.73. The number of rotatable bonds is 3. The van der Waals surface area contributed by atoms with Gasteiger partial charge in [-0.15, -0.1) is 0 Å². The van der Waals surface area contributed by atoms with Gasteiger partial charge in [-0.05, 0) is 33.4 Å². The van der Waals surface area contributed by atoms with Gasteiger partial charge in [-0.1, -0.05) is 5.16 Å². The summed E-state index contributed by atoms with van der Waals surface area (Å²) in [6.07, 6.45) is 3.72. The third-order valence-electron chi connectivity index (χ3n) is 3.56. The lowest BCUT2D eigenvalue weighted by molar-refractivity contribution is 0.319. The van der Waals surface area contributed by atoms with Crippen LogP contribution in [0.25, 0.3) is 0 Å². The number of nitrogens with one attached hydrogen (secondary N) is 1. The highest BCUT2D eigenvalue weighted by molar-refractivity contribution is 5.09. The maximum absolute atomic E-state index is 5.37.